The predicted octanol–water partition coefficient (Wildman–Crippen LogP) is 6.63. The molecule has 2 unspecified atom stereocenters. The third-order valence-corrected chi connectivity index (χ3v) is 16.1. The summed E-state index contributed by atoms with van der Waals surface area (Å²) in [4.78, 5) is 39.6. The maximum Gasteiger partial charge on any atom is 0.242 e. The van der Waals surface area contributed by atoms with Crippen molar-refractivity contribution in [1.82, 2.24) is 33.6 Å². The number of carbonyl (C=O) groups excluding carboxylic acids is 2. The van der Waals surface area contributed by atoms with Crippen molar-refractivity contribution < 1.29 is 26.4 Å². The highest BCUT2D eigenvalue weighted by Gasteiger charge is 2.35. The van der Waals surface area contributed by atoms with Crippen LogP contribution in [0.25, 0.3) is 11.3 Å². The first-order chi connectivity index (χ1) is 31.9. The molecule has 0 spiro atoms. The fourth-order valence-electron chi connectivity index (χ4n) is 8.66. The van der Waals surface area contributed by atoms with Gasteiger partial charge in [-0.3, -0.25) is 9.59 Å². The Morgan fingerprint density at radius 2 is 1.34 bits per heavy atom. The molecule has 5 heterocycles. The Morgan fingerprint density at radius 3 is 1.88 bits per heavy atom. The Balaban J connectivity index is 0.000000224. The SMILES string of the molecule is Cc1cccc(Br)c1S(=O)(=O)NC(CCn1cccc1C#N)C(=O)N1CCC(C)CC1.Cc1nccc(-c2cccc(S(N)(=O)=O)c2C(CCn2cccc2C#N)C(=O)N2CCC(C)CC2)n1. The number of halogens is 1. The largest absolute Gasteiger partial charge is 0.342 e. The molecule has 0 bridgehead atoms. The Hall–Kier alpha value is -5.70. The van der Waals surface area contributed by atoms with Crippen molar-refractivity contribution in [2.75, 3.05) is 26.2 Å². The fraction of sp³-hybridized carbons (Fsp3) is 0.417. The van der Waals surface area contributed by atoms with Gasteiger partial charge in [-0.15, -0.1) is 0 Å². The molecule has 2 aliphatic heterocycles. The molecular weight excluding hydrogens is 957 g/mol. The van der Waals surface area contributed by atoms with Crippen molar-refractivity contribution in [3.63, 3.8) is 0 Å². The summed E-state index contributed by atoms with van der Waals surface area (Å²) < 4.78 is 58.6. The third-order valence-electron chi connectivity index (χ3n) is 12.5. The number of rotatable bonds is 14. The first-order valence-electron chi connectivity index (χ1n) is 22.3. The van der Waals surface area contributed by atoms with E-state index in [1.807, 2.05) is 4.90 Å². The summed E-state index contributed by atoms with van der Waals surface area (Å²) in [6, 6.07) is 21.9. The molecule has 0 aliphatic carbocycles. The molecule has 19 heteroatoms. The summed E-state index contributed by atoms with van der Waals surface area (Å²) in [5, 5.41) is 24.4. The van der Waals surface area contributed by atoms with Gasteiger partial charge in [0.05, 0.1) is 21.4 Å². The molecular formula is C48H57BrN10O6S2. The summed E-state index contributed by atoms with van der Waals surface area (Å²) in [6.45, 7) is 11.0. The molecule has 16 nitrogen and oxygen atoms in total. The summed E-state index contributed by atoms with van der Waals surface area (Å²) in [7, 11) is -8.09. The van der Waals surface area contributed by atoms with Crippen LogP contribution in [0.5, 0.6) is 0 Å². The van der Waals surface area contributed by atoms with E-state index in [4.69, 9.17) is 5.14 Å². The molecule has 5 aromatic rings. The van der Waals surface area contributed by atoms with E-state index in [1.54, 1.807) is 107 Å². The van der Waals surface area contributed by atoms with E-state index in [9.17, 15) is 36.9 Å². The second kappa shape index (κ2) is 22.4. The molecule has 3 N–H and O–H groups in total. The first-order valence-corrected chi connectivity index (χ1v) is 26.1. The van der Waals surface area contributed by atoms with Gasteiger partial charge in [0.15, 0.2) is 0 Å². The van der Waals surface area contributed by atoms with Gasteiger partial charge in [0.2, 0.25) is 31.9 Å². The summed E-state index contributed by atoms with van der Waals surface area (Å²) >= 11 is 3.33. The van der Waals surface area contributed by atoms with Gasteiger partial charge in [-0.05, 0) is 134 Å². The van der Waals surface area contributed by atoms with Crippen LogP contribution in [-0.2, 0) is 42.7 Å². The van der Waals surface area contributed by atoms with E-state index in [1.165, 1.54) is 6.07 Å². The number of aryl methyl sites for hydroxylation is 4. The molecule has 0 radical (unpaired) electrons. The van der Waals surface area contributed by atoms with Crippen LogP contribution in [0.2, 0.25) is 0 Å². The van der Waals surface area contributed by atoms with Gasteiger partial charge in [-0.1, -0.05) is 38.1 Å². The quantitative estimate of drug-likeness (QED) is 0.121. The average Bonchev–Trinajstić information content (AvgIpc) is 3.97. The summed E-state index contributed by atoms with van der Waals surface area (Å²) in [6.07, 6.45) is 9.28. The first kappa shape index (κ1) is 50.7. The molecule has 2 amide bonds. The van der Waals surface area contributed by atoms with E-state index in [0.717, 1.165) is 25.7 Å². The van der Waals surface area contributed by atoms with Crippen LogP contribution in [0.1, 0.15) is 86.6 Å². The van der Waals surface area contributed by atoms with Crippen LogP contribution in [0, 0.1) is 48.3 Å². The Morgan fingerprint density at radius 1 is 0.791 bits per heavy atom. The number of nitrogens with zero attached hydrogens (tertiary/aromatic N) is 8. The number of nitriles is 2. The van der Waals surface area contributed by atoms with Crippen LogP contribution in [0.4, 0.5) is 0 Å². The smallest absolute Gasteiger partial charge is 0.242 e. The Bertz CT molecular complexity index is 2850. The molecule has 2 aromatic carbocycles. The highest BCUT2D eigenvalue weighted by molar-refractivity contribution is 9.10. The van der Waals surface area contributed by atoms with Gasteiger partial charge in [0.25, 0.3) is 0 Å². The molecule has 2 atom stereocenters. The highest BCUT2D eigenvalue weighted by atomic mass is 79.9. The van der Waals surface area contributed by atoms with Gasteiger partial charge in [-0.25, -0.2) is 31.9 Å². The van der Waals surface area contributed by atoms with Gasteiger partial charge in [0.1, 0.15) is 35.4 Å². The number of hydrogen-bond donors (Lipinski definition) is 2. The number of hydrogen-bond acceptors (Lipinski definition) is 10. The zero-order valence-corrected chi connectivity index (χ0v) is 41.4. The highest BCUT2D eigenvalue weighted by Crippen LogP contribution is 2.37. The molecule has 7 rings (SSSR count). The van der Waals surface area contributed by atoms with Crippen molar-refractivity contribution >= 4 is 47.8 Å². The number of aromatic nitrogens is 4. The van der Waals surface area contributed by atoms with Crippen molar-refractivity contribution in [2.45, 2.75) is 101 Å². The van der Waals surface area contributed by atoms with E-state index < -0.39 is 32.0 Å². The van der Waals surface area contributed by atoms with Crippen molar-refractivity contribution in [3.05, 3.63) is 118 Å². The number of amides is 2. The number of likely N-dealkylation sites (tertiary alicyclic amines) is 2. The number of benzene rings is 2. The van der Waals surface area contributed by atoms with Gasteiger partial charge in [-0.2, -0.15) is 15.2 Å². The van der Waals surface area contributed by atoms with E-state index in [0.29, 0.717) is 95.2 Å². The molecule has 2 aliphatic rings. The van der Waals surface area contributed by atoms with Crippen molar-refractivity contribution in [2.24, 2.45) is 17.0 Å². The predicted molar refractivity (Wildman–Crippen MR) is 257 cm³/mol. The van der Waals surface area contributed by atoms with Gasteiger partial charge in [0, 0.05) is 67.9 Å². The number of primary sulfonamides is 1. The van der Waals surface area contributed by atoms with E-state index >= 15 is 0 Å². The minimum Gasteiger partial charge on any atom is -0.342 e. The van der Waals surface area contributed by atoms with Crippen LogP contribution < -0.4 is 9.86 Å². The fourth-order valence-corrected chi connectivity index (χ4v) is 12.1. The Labute approximate surface area is 402 Å². The minimum absolute atomic E-state index is 0.0898. The summed E-state index contributed by atoms with van der Waals surface area (Å²) in [5.41, 5.74) is 2.93. The molecule has 0 saturated carbocycles. The van der Waals surface area contributed by atoms with Crippen LogP contribution in [0.15, 0.2) is 99.6 Å². The van der Waals surface area contributed by atoms with Gasteiger partial charge < -0.3 is 18.9 Å². The molecule has 3 aromatic heterocycles. The molecule has 2 saturated heterocycles. The van der Waals surface area contributed by atoms with Crippen LogP contribution >= 0.6 is 15.9 Å². The molecule has 67 heavy (non-hydrogen) atoms. The minimum atomic E-state index is -4.15. The normalized spacial score (nSPS) is 15.8. The molecule has 354 valence electrons. The number of piperidine rings is 2. The lowest BCUT2D eigenvalue weighted by Crippen LogP contribution is -2.51. The number of sulfonamides is 2. The third kappa shape index (κ3) is 12.6. The second-order valence-corrected chi connectivity index (χ2v) is 21.4. The lowest BCUT2D eigenvalue weighted by molar-refractivity contribution is -0.135. The maximum absolute atomic E-state index is 14.0. The van der Waals surface area contributed by atoms with Crippen molar-refractivity contribution in [1.29, 1.82) is 10.5 Å². The standard InChI is InChI=1S/C26H30N6O3S.C22H27BrN4O3S/c1-18-9-14-32(15-10-18)26(33)22(11-16-31-13-4-5-20(31)17-27)25-21(23-8-12-29-19(2)30-23)6-3-7-24(25)36(28,34)35;1-16-8-12-27(13-9-16)22(28)20(10-14-26-11-4-6-18(26)15-24)25-31(29,30)21-17(2)5-3-7-19(21)23/h3-8,12-13,18,22H,9-11,14-16H2,1-2H3,(H2,28,34,35);3-7,11,16,20,25H,8-10,12-14H2,1-2H3. The average molecular weight is 1010 g/mol. The Kier molecular flexibility index (Phi) is 17.0. The van der Waals surface area contributed by atoms with E-state index in [-0.39, 0.29) is 34.4 Å². The van der Waals surface area contributed by atoms with Crippen LogP contribution in [0.3, 0.4) is 0 Å². The van der Waals surface area contributed by atoms with Crippen molar-refractivity contribution in [3.8, 4) is 23.4 Å². The molecule has 2 fully saturated rings. The number of carbonyl (C=O) groups is 2. The number of nitrogens with one attached hydrogen (secondary N) is 1. The number of nitrogens with two attached hydrogens (primary N) is 1. The lowest BCUT2D eigenvalue weighted by Gasteiger charge is -2.34. The zero-order valence-electron chi connectivity index (χ0n) is 38.2. The second-order valence-electron chi connectivity index (χ2n) is 17.4. The van der Waals surface area contributed by atoms with E-state index in [2.05, 4.69) is 56.6 Å². The van der Waals surface area contributed by atoms with Gasteiger partial charge >= 0.3 is 0 Å². The maximum atomic E-state index is 14.0. The lowest BCUT2D eigenvalue weighted by atomic mass is 9.87. The zero-order chi connectivity index (χ0) is 48.5. The monoisotopic (exact) mass is 1010 g/mol. The topological polar surface area (TPSA) is 230 Å². The van der Waals surface area contributed by atoms with Crippen LogP contribution in [-0.4, -0.2) is 89.8 Å². The summed E-state index contributed by atoms with van der Waals surface area (Å²) in [5.74, 6) is 0.453.